The van der Waals surface area contributed by atoms with Crippen LogP contribution in [0.5, 0.6) is 0 Å². The smallest absolute Gasteiger partial charge is 0.0363 e. The first-order valence-electron chi connectivity index (χ1n) is 4.90. The normalized spacial score (nSPS) is 25.8. The summed E-state index contributed by atoms with van der Waals surface area (Å²) in [4.78, 5) is 2.32. The van der Waals surface area contributed by atoms with Gasteiger partial charge in [-0.15, -0.1) is 0 Å². The van der Waals surface area contributed by atoms with E-state index < -0.39 is 10.8 Å². The maximum Gasteiger partial charge on any atom is 0.0363 e. The van der Waals surface area contributed by atoms with Gasteiger partial charge in [0, 0.05) is 47.5 Å². The molecule has 13 heavy (non-hydrogen) atoms. The summed E-state index contributed by atoms with van der Waals surface area (Å²) >= 11 is 0. The molecular weight excluding hydrogens is 184 g/mol. The number of rotatable bonds is 3. The third-order valence-corrected chi connectivity index (χ3v) is 3.94. The average molecular weight is 204 g/mol. The van der Waals surface area contributed by atoms with E-state index in [4.69, 9.17) is 5.73 Å². The van der Waals surface area contributed by atoms with Gasteiger partial charge in [-0.3, -0.25) is 9.11 Å². The van der Waals surface area contributed by atoms with Crippen molar-refractivity contribution in [3.8, 4) is 0 Å². The third-order valence-electron chi connectivity index (χ3n) is 2.66. The van der Waals surface area contributed by atoms with Gasteiger partial charge < -0.3 is 5.73 Å². The molecule has 0 radical (unpaired) electrons. The Bertz CT molecular complexity index is 184. The second-order valence-electron chi connectivity index (χ2n) is 4.13. The molecule has 4 heteroatoms. The van der Waals surface area contributed by atoms with E-state index >= 15 is 0 Å². The van der Waals surface area contributed by atoms with Crippen molar-refractivity contribution >= 4 is 10.8 Å². The molecule has 1 aliphatic rings. The van der Waals surface area contributed by atoms with Crippen molar-refractivity contribution in [2.24, 2.45) is 5.73 Å². The SMILES string of the molecule is CCC(C)(N)CN1CCS(=O)CC1. The minimum atomic E-state index is -0.574. The Hall–Kier alpha value is 0.0700. The first-order valence-corrected chi connectivity index (χ1v) is 6.38. The van der Waals surface area contributed by atoms with Crippen LogP contribution in [0.15, 0.2) is 0 Å². The summed E-state index contributed by atoms with van der Waals surface area (Å²) in [7, 11) is -0.574. The van der Waals surface area contributed by atoms with Crippen LogP contribution < -0.4 is 5.73 Å². The topological polar surface area (TPSA) is 46.3 Å². The molecule has 0 aromatic rings. The van der Waals surface area contributed by atoms with Crippen molar-refractivity contribution in [2.75, 3.05) is 31.1 Å². The summed E-state index contributed by atoms with van der Waals surface area (Å²) in [5, 5.41) is 0. The lowest BCUT2D eigenvalue weighted by Crippen LogP contribution is -2.50. The van der Waals surface area contributed by atoms with Crippen molar-refractivity contribution < 1.29 is 4.21 Å². The standard InChI is InChI=1S/C9H20N2OS/c1-3-9(2,10)8-11-4-6-13(12)7-5-11/h3-8,10H2,1-2H3. The summed E-state index contributed by atoms with van der Waals surface area (Å²) in [5.41, 5.74) is 5.98. The van der Waals surface area contributed by atoms with Gasteiger partial charge in [-0.2, -0.15) is 0 Å². The van der Waals surface area contributed by atoms with Crippen molar-refractivity contribution in [2.45, 2.75) is 25.8 Å². The van der Waals surface area contributed by atoms with E-state index in [-0.39, 0.29) is 5.54 Å². The summed E-state index contributed by atoms with van der Waals surface area (Å²) in [6.07, 6.45) is 0.993. The highest BCUT2D eigenvalue weighted by Gasteiger charge is 2.22. The Morgan fingerprint density at radius 3 is 2.46 bits per heavy atom. The van der Waals surface area contributed by atoms with Crippen LogP contribution in [0, 0.1) is 0 Å². The summed E-state index contributed by atoms with van der Waals surface area (Å²) in [6.45, 7) is 7.01. The first-order chi connectivity index (χ1) is 6.03. The molecule has 1 saturated heterocycles. The van der Waals surface area contributed by atoms with Crippen molar-refractivity contribution in [3.63, 3.8) is 0 Å². The number of hydrogen-bond acceptors (Lipinski definition) is 3. The van der Waals surface area contributed by atoms with E-state index in [9.17, 15) is 4.21 Å². The largest absolute Gasteiger partial charge is 0.324 e. The molecule has 0 bridgehead atoms. The minimum Gasteiger partial charge on any atom is -0.324 e. The first kappa shape index (κ1) is 11.1. The molecule has 0 amide bonds. The van der Waals surface area contributed by atoms with Gasteiger partial charge >= 0.3 is 0 Å². The van der Waals surface area contributed by atoms with E-state index in [0.717, 1.165) is 37.6 Å². The van der Waals surface area contributed by atoms with Crippen molar-refractivity contribution in [1.82, 2.24) is 4.90 Å². The molecule has 2 N–H and O–H groups in total. The molecule has 1 unspecified atom stereocenters. The lowest BCUT2D eigenvalue weighted by molar-refractivity contribution is 0.229. The van der Waals surface area contributed by atoms with E-state index in [1.54, 1.807) is 0 Å². The molecule has 0 saturated carbocycles. The molecular formula is C9H20N2OS. The van der Waals surface area contributed by atoms with Crippen LogP contribution in [0.3, 0.4) is 0 Å². The Kier molecular flexibility index (Phi) is 3.88. The maximum absolute atomic E-state index is 11.1. The number of nitrogens with zero attached hydrogens (tertiary/aromatic N) is 1. The molecule has 0 aliphatic carbocycles. The Labute approximate surface area is 83.1 Å². The second-order valence-corrected chi connectivity index (χ2v) is 5.83. The lowest BCUT2D eigenvalue weighted by atomic mass is 10.00. The molecule has 3 nitrogen and oxygen atoms in total. The number of nitrogens with two attached hydrogens (primary N) is 1. The molecule has 1 heterocycles. The van der Waals surface area contributed by atoms with Gasteiger partial charge in [0.15, 0.2) is 0 Å². The number of hydrogen-bond donors (Lipinski definition) is 1. The van der Waals surface area contributed by atoms with Crippen LogP contribution in [0.1, 0.15) is 20.3 Å². The minimum absolute atomic E-state index is 0.0845. The monoisotopic (exact) mass is 204 g/mol. The summed E-state index contributed by atoms with van der Waals surface area (Å²) in [6, 6.07) is 0. The maximum atomic E-state index is 11.1. The zero-order valence-electron chi connectivity index (χ0n) is 8.58. The molecule has 0 spiro atoms. The van der Waals surface area contributed by atoms with Gasteiger partial charge in [0.2, 0.25) is 0 Å². The van der Waals surface area contributed by atoms with E-state index in [1.165, 1.54) is 0 Å². The highest BCUT2D eigenvalue weighted by atomic mass is 32.2. The Balaban J connectivity index is 2.34. The van der Waals surface area contributed by atoms with Crippen LogP contribution in [0.25, 0.3) is 0 Å². The molecule has 1 rings (SSSR count). The quantitative estimate of drug-likeness (QED) is 0.713. The van der Waals surface area contributed by atoms with Gasteiger partial charge in [0.05, 0.1) is 0 Å². The zero-order chi connectivity index (χ0) is 9.90. The van der Waals surface area contributed by atoms with Crippen LogP contribution in [-0.2, 0) is 10.8 Å². The van der Waals surface area contributed by atoms with Crippen LogP contribution in [0.4, 0.5) is 0 Å². The van der Waals surface area contributed by atoms with Crippen LogP contribution >= 0.6 is 0 Å². The van der Waals surface area contributed by atoms with Gasteiger partial charge in [-0.1, -0.05) is 6.92 Å². The summed E-state index contributed by atoms with van der Waals surface area (Å²) in [5.74, 6) is 1.64. The van der Waals surface area contributed by atoms with E-state index in [2.05, 4.69) is 18.7 Å². The van der Waals surface area contributed by atoms with Crippen LogP contribution in [0.2, 0.25) is 0 Å². The fourth-order valence-corrected chi connectivity index (χ4v) is 2.58. The van der Waals surface area contributed by atoms with E-state index in [1.807, 2.05) is 0 Å². The van der Waals surface area contributed by atoms with Gasteiger partial charge in [0.1, 0.15) is 0 Å². The molecule has 78 valence electrons. The van der Waals surface area contributed by atoms with Crippen molar-refractivity contribution in [3.05, 3.63) is 0 Å². The van der Waals surface area contributed by atoms with Crippen molar-refractivity contribution in [1.29, 1.82) is 0 Å². The van der Waals surface area contributed by atoms with Gasteiger partial charge in [-0.05, 0) is 13.3 Å². The van der Waals surface area contributed by atoms with E-state index in [0.29, 0.717) is 0 Å². The fraction of sp³-hybridized carbons (Fsp3) is 1.00. The average Bonchev–Trinajstić information content (AvgIpc) is 2.09. The molecule has 0 aromatic carbocycles. The van der Waals surface area contributed by atoms with Gasteiger partial charge in [0.25, 0.3) is 0 Å². The van der Waals surface area contributed by atoms with Gasteiger partial charge in [-0.25, -0.2) is 0 Å². The Morgan fingerprint density at radius 2 is 2.00 bits per heavy atom. The Morgan fingerprint density at radius 1 is 1.46 bits per heavy atom. The zero-order valence-corrected chi connectivity index (χ0v) is 9.40. The molecule has 1 fully saturated rings. The predicted molar refractivity (Wildman–Crippen MR) is 57.2 cm³/mol. The van der Waals surface area contributed by atoms with Crippen LogP contribution in [-0.4, -0.2) is 45.8 Å². The predicted octanol–water partition coefficient (Wildman–Crippen LogP) is 0.178. The lowest BCUT2D eigenvalue weighted by Gasteiger charge is -2.33. The fourth-order valence-electron chi connectivity index (χ4n) is 1.46. The third kappa shape index (κ3) is 3.75. The molecule has 1 atom stereocenters. The second kappa shape index (κ2) is 4.53. The highest BCUT2D eigenvalue weighted by molar-refractivity contribution is 7.85. The molecule has 1 aliphatic heterocycles. The summed E-state index contributed by atoms with van der Waals surface area (Å²) < 4.78 is 11.1. The molecule has 0 aromatic heterocycles. The highest BCUT2D eigenvalue weighted by Crippen LogP contribution is 2.09.